The SMILES string of the molecule is Cn1c(C(=O)N2CCc3ncnc(-c4cccnc4)c3C2)cccc1=O. The summed E-state index contributed by atoms with van der Waals surface area (Å²) in [5.74, 6) is -0.170. The predicted octanol–water partition coefficient (Wildman–Crippen LogP) is 1.44. The number of aromatic nitrogens is 4. The average Bonchev–Trinajstić information content (AvgIpc) is 2.69. The molecular formula is C19H17N5O2. The maximum atomic E-state index is 12.9. The highest BCUT2D eigenvalue weighted by Gasteiger charge is 2.26. The molecule has 0 aromatic carbocycles. The van der Waals surface area contributed by atoms with Gasteiger partial charge in [0.2, 0.25) is 0 Å². The van der Waals surface area contributed by atoms with Gasteiger partial charge in [-0.15, -0.1) is 0 Å². The lowest BCUT2D eigenvalue weighted by molar-refractivity contribution is 0.0722. The molecule has 3 aromatic heterocycles. The van der Waals surface area contributed by atoms with Crippen molar-refractivity contribution >= 4 is 5.91 Å². The van der Waals surface area contributed by atoms with Crippen LogP contribution in [0.25, 0.3) is 11.3 Å². The van der Waals surface area contributed by atoms with Crippen LogP contribution in [0, 0.1) is 0 Å². The van der Waals surface area contributed by atoms with Gasteiger partial charge in [0, 0.05) is 56.1 Å². The predicted molar refractivity (Wildman–Crippen MR) is 95.4 cm³/mol. The van der Waals surface area contributed by atoms with Crippen LogP contribution in [-0.4, -0.2) is 36.9 Å². The summed E-state index contributed by atoms with van der Waals surface area (Å²) in [6.45, 7) is 0.959. The van der Waals surface area contributed by atoms with Crippen LogP contribution in [0.2, 0.25) is 0 Å². The summed E-state index contributed by atoms with van der Waals surface area (Å²) in [7, 11) is 1.61. The van der Waals surface area contributed by atoms with Crippen LogP contribution in [-0.2, 0) is 20.0 Å². The molecule has 0 N–H and O–H groups in total. The Hall–Kier alpha value is -3.35. The number of hydrogen-bond donors (Lipinski definition) is 0. The van der Waals surface area contributed by atoms with Crippen molar-refractivity contribution in [2.24, 2.45) is 7.05 Å². The van der Waals surface area contributed by atoms with Gasteiger partial charge in [0.15, 0.2) is 0 Å². The van der Waals surface area contributed by atoms with Gasteiger partial charge in [-0.1, -0.05) is 6.07 Å². The van der Waals surface area contributed by atoms with E-state index in [0.29, 0.717) is 25.2 Å². The Morgan fingerprint density at radius 2 is 2.04 bits per heavy atom. The van der Waals surface area contributed by atoms with Crippen LogP contribution >= 0.6 is 0 Å². The van der Waals surface area contributed by atoms with Crippen molar-refractivity contribution in [3.63, 3.8) is 0 Å². The molecule has 0 atom stereocenters. The summed E-state index contributed by atoms with van der Waals surface area (Å²) >= 11 is 0. The molecule has 0 radical (unpaired) electrons. The van der Waals surface area contributed by atoms with Gasteiger partial charge in [0.05, 0.1) is 11.4 Å². The first-order valence-electron chi connectivity index (χ1n) is 8.33. The molecule has 0 spiro atoms. The van der Waals surface area contributed by atoms with E-state index < -0.39 is 0 Å². The molecule has 1 aliphatic rings. The quantitative estimate of drug-likeness (QED) is 0.701. The van der Waals surface area contributed by atoms with E-state index in [1.165, 1.54) is 10.6 Å². The fourth-order valence-corrected chi connectivity index (χ4v) is 3.21. The maximum Gasteiger partial charge on any atom is 0.270 e. The molecule has 0 aliphatic carbocycles. The van der Waals surface area contributed by atoms with Crippen LogP contribution in [0.1, 0.15) is 21.7 Å². The van der Waals surface area contributed by atoms with E-state index in [4.69, 9.17) is 0 Å². The first kappa shape index (κ1) is 16.1. The van der Waals surface area contributed by atoms with Crippen molar-refractivity contribution in [1.82, 2.24) is 24.4 Å². The van der Waals surface area contributed by atoms with Crippen LogP contribution in [0.4, 0.5) is 0 Å². The highest BCUT2D eigenvalue weighted by atomic mass is 16.2. The van der Waals surface area contributed by atoms with Crippen LogP contribution in [0.15, 0.2) is 53.8 Å². The molecule has 3 aromatic rings. The van der Waals surface area contributed by atoms with E-state index in [1.54, 1.807) is 42.8 Å². The van der Waals surface area contributed by atoms with Crippen molar-refractivity contribution in [3.05, 3.63) is 76.4 Å². The lowest BCUT2D eigenvalue weighted by atomic mass is 10.00. The Kier molecular flexibility index (Phi) is 4.04. The van der Waals surface area contributed by atoms with E-state index in [0.717, 1.165) is 22.5 Å². The number of pyridine rings is 2. The van der Waals surface area contributed by atoms with E-state index in [9.17, 15) is 9.59 Å². The Labute approximate surface area is 150 Å². The van der Waals surface area contributed by atoms with Crippen molar-refractivity contribution in [2.75, 3.05) is 6.54 Å². The molecule has 0 saturated carbocycles. The molecule has 7 heteroatoms. The van der Waals surface area contributed by atoms with Gasteiger partial charge in [-0.3, -0.25) is 14.6 Å². The Morgan fingerprint density at radius 1 is 1.15 bits per heavy atom. The molecule has 0 fully saturated rings. The number of carbonyl (C=O) groups is 1. The van der Waals surface area contributed by atoms with Crippen molar-refractivity contribution < 1.29 is 4.79 Å². The van der Waals surface area contributed by atoms with E-state index in [2.05, 4.69) is 15.0 Å². The molecule has 4 rings (SSSR count). The van der Waals surface area contributed by atoms with Crippen molar-refractivity contribution in [1.29, 1.82) is 0 Å². The van der Waals surface area contributed by atoms with Crippen molar-refractivity contribution in [3.8, 4) is 11.3 Å². The molecule has 0 saturated heterocycles. The van der Waals surface area contributed by atoms with E-state index in [-0.39, 0.29) is 11.5 Å². The zero-order valence-corrected chi connectivity index (χ0v) is 14.3. The second kappa shape index (κ2) is 6.51. The molecular weight excluding hydrogens is 330 g/mol. The zero-order chi connectivity index (χ0) is 18.1. The first-order valence-corrected chi connectivity index (χ1v) is 8.33. The Balaban J connectivity index is 1.71. The number of nitrogens with zero attached hydrogens (tertiary/aromatic N) is 5. The fraction of sp³-hybridized carbons (Fsp3) is 0.211. The number of rotatable bonds is 2. The zero-order valence-electron chi connectivity index (χ0n) is 14.3. The highest BCUT2D eigenvalue weighted by Crippen LogP contribution is 2.27. The summed E-state index contributed by atoms with van der Waals surface area (Å²) in [5, 5.41) is 0. The number of amides is 1. The summed E-state index contributed by atoms with van der Waals surface area (Å²) in [6.07, 6.45) is 5.67. The summed E-state index contributed by atoms with van der Waals surface area (Å²) < 4.78 is 1.38. The third kappa shape index (κ3) is 2.77. The van der Waals surface area contributed by atoms with Crippen molar-refractivity contribution in [2.45, 2.75) is 13.0 Å². The van der Waals surface area contributed by atoms with Gasteiger partial charge in [-0.25, -0.2) is 9.97 Å². The second-order valence-corrected chi connectivity index (χ2v) is 6.17. The van der Waals surface area contributed by atoms with Crippen LogP contribution in [0.5, 0.6) is 0 Å². The average molecular weight is 347 g/mol. The molecule has 4 heterocycles. The number of fused-ring (bicyclic) bond motifs is 1. The lowest BCUT2D eigenvalue weighted by Crippen LogP contribution is -2.39. The summed E-state index contributed by atoms with van der Waals surface area (Å²) in [4.78, 5) is 39.5. The lowest BCUT2D eigenvalue weighted by Gasteiger charge is -2.29. The van der Waals surface area contributed by atoms with E-state index >= 15 is 0 Å². The topological polar surface area (TPSA) is 81.0 Å². The number of hydrogen-bond acceptors (Lipinski definition) is 5. The smallest absolute Gasteiger partial charge is 0.270 e. The Bertz CT molecular complexity index is 1030. The number of carbonyl (C=O) groups excluding carboxylic acids is 1. The largest absolute Gasteiger partial charge is 0.333 e. The molecule has 0 unspecified atom stereocenters. The minimum Gasteiger partial charge on any atom is -0.333 e. The molecule has 26 heavy (non-hydrogen) atoms. The van der Waals surface area contributed by atoms with E-state index in [1.807, 2.05) is 12.1 Å². The monoisotopic (exact) mass is 347 g/mol. The molecule has 7 nitrogen and oxygen atoms in total. The van der Waals surface area contributed by atoms with Gasteiger partial charge < -0.3 is 9.47 Å². The van der Waals surface area contributed by atoms with Crippen LogP contribution < -0.4 is 5.56 Å². The maximum absolute atomic E-state index is 12.9. The molecule has 1 amide bonds. The van der Waals surface area contributed by atoms with Crippen LogP contribution in [0.3, 0.4) is 0 Å². The fourth-order valence-electron chi connectivity index (χ4n) is 3.21. The van der Waals surface area contributed by atoms with Gasteiger partial charge >= 0.3 is 0 Å². The summed E-state index contributed by atoms with van der Waals surface area (Å²) in [5.41, 5.74) is 3.74. The summed E-state index contributed by atoms with van der Waals surface area (Å²) in [6, 6.07) is 8.52. The highest BCUT2D eigenvalue weighted by molar-refractivity contribution is 5.92. The molecule has 1 aliphatic heterocycles. The van der Waals surface area contributed by atoms with Gasteiger partial charge in [-0.05, 0) is 18.2 Å². The van der Waals surface area contributed by atoms with Gasteiger partial charge in [0.1, 0.15) is 12.0 Å². The third-order valence-corrected chi connectivity index (χ3v) is 4.63. The minimum atomic E-state index is -0.201. The molecule has 0 bridgehead atoms. The minimum absolute atomic E-state index is 0.170. The van der Waals surface area contributed by atoms with Gasteiger partial charge in [-0.2, -0.15) is 0 Å². The second-order valence-electron chi connectivity index (χ2n) is 6.17. The normalized spacial score (nSPS) is 13.3. The molecule has 130 valence electrons. The van der Waals surface area contributed by atoms with Gasteiger partial charge in [0.25, 0.3) is 11.5 Å². The first-order chi connectivity index (χ1) is 12.6. The standard InChI is InChI=1S/C19H17N5O2/c1-23-16(5-2-6-17(23)25)19(26)24-9-7-15-14(11-24)18(22-12-21-15)13-4-3-8-20-10-13/h2-6,8,10,12H,7,9,11H2,1H3. The Morgan fingerprint density at radius 3 is 2.85 bits per heavy atom. The third-order valence-electron chi connectivity index (χ3n) is 4.63.